The molecule has 150 valence electrons. The molecule has 1 heterocycles. The molecule has 0 radical (unpaired) electrons. The second-order valence-corrected chi connectivity index (χ2v) is 7.36. The molecule has 0 unspecified atom stereocenters. The van der Waals surface area contributed by atoms with Gasteiger partial charge in [0.05, 0.1) is 0 Å². The number of unbranched alkanes of at least 4 members (excludes halogenated alkanes) is 13. The summed E-state index contributed by atoms with van der Waals surface area (Å²) >= 11 is 0. The van der Waals surface area contributed by atoms with Crippen LogP contribution < -0.4 is 0 Å². The number of nitrogens with zero attached hydrogens (tertiary/aromatic N) is 1. The van der Waals surface area contributed by atoms with Gasteiger partial charge in [-0.25, -0.2) is 0 Å². The van der Waals surface area contributed by atoms with Gasteiger partial charge in [0, 0.05) is 13.1 Å². The van der Waals surface area contributed by atoms with Crippen molar-refractivity contribution >= 4 is 12.4 Å². The SMILES string of the molecule is CCCCCCCCCCCCCCCCN1C=CC(C)=CC1.Cl.O. The lowest BCUT2D eigenvalue weighted by Crippen LogP contribution is -2.20. The molecule has 25 heavy (non-hydrogen) atoms. The van der Waals surface area contributed by atoms with Crippen molar-refractivity contribution in [2.75, 3.05) is 13.1 Å². The monoisotopic (exact) mass is 373 g/mol. The van der Waals surface area contributed by atoms with Gasteiger partial charge in [0.15, 0.2) is 0 Å². The molecule has 0 aromatic heterocycles. The third kappa shape index (κ3) is 16.7. The average Bonchev–Trinajstić information content (AvgIpc) is 2.57. The molecule has 0 saturated heterocycles. The highest BCUT2D eigenvalue weighted by molar-refractivity contribution is 5.85. The Morgan fingerprint density at radius 1 is 0.760 bits per heavy atom. The van der Waals surface area contributed by atoms with E-state index in [1.165, 1.54) is 102 Å². The van der Waals surface area contributed by atoms with Crippen LogP contribution in [0.3, 0.4) is 0 Å². The number of allylic oxidation sites excluding steroid dienone is 2. The molecule has 0 amide bonds. The molecule has 0 aliphatic carbocycles. The van der Waals surface area contributed by atoms with Crippen LogP contribution in [-0.4, -0.2) is 23.5 Å². The third-order valence-corrected chi connectivity index (χ3v) is 4.99. The van der Waals surface area contributed by atoms with E-state index in [4.69, 9.17) is 0 Å². The first-order chi connectivity index (χ1) is 11.3. The van der Waals surface area contributed by atoms with E-state index in [1.54, 1.807) is 0 Å². The molecule has 0 bridgehead atoms. The fourth-order valence-corrected chi connectivity index (χ4v) is 3.29. The van der Waals surface area contributed by atoms with Gasteiger partial charge in [-0.15, -0.1) is 12.4 Å². The van der Waals surface area contributed by atoms with Crippen molar-refractivity contribution in [1.29, 1.82) is 0 Å². The van der Waals surface area contributed by atoms with Gasteiger partial charge < -0.3 is 10.4 Å². The van der Waals surface area contributed by atoms with Gasteiger partial charge >= 0.3 is 0 Å². The second-order valence-electron chi connectivity index (χ2n) is 7.36. The summed E-state index contributed by atoms with van der Waals surface area (Å²) < 4.78 is 0. The Morgan fingerprint density at radius 2 is 1.20 bits per heavy atom. The van der Waals surface area contributed by atoms with Crippen molar-refractivity contribution in [2.45, 2.75) is 104 Å². The van der Waals surface area contributed by atoms with Crippen LogP contribution in [0.4, 0.5) is 0 Å². The minimum absolute atomic E-state index is 0. The lowest BCUT2D eigenvalue weighted by atomic mass is 10.0. The third-order valence-electron chi connectivity index (χ3n) is 4.99. The summed E-state index contributed by atoms with van der Waals surface area (Å²) in [6.45, 7) is 6.82. The lowest BCUT2D eigenvalue weighted by Gasteiger charge is -2.21. The zero-order chi connectivity index (χ0) is 16.6. The molecular weight excluding hydrogens is 330 g/mol. The Hall–Kier alpha value is -0.470. The largest absolute Gasteiger partial charge is 0.412 e. The maximum atomic E-state index is 2.44. The standard InChI is InChI=1S/C22H41N.ClH.H2O/c1-3-4-5-6-7-8-9-10-11-12-13-14-15-16-19-23-20-17-22(2)18-21-23;;/h17-18,20H,3-16,19,21H2,1-2H3;1H;1H2. The summed E-state index contributed by atoms with van der Waals surface area (Å²) in [6.07, 6.45) is 27.0. The molecular formula is C22H44ClNO. The molecule has 0 saturated carbocycles. The van der Waals surface area contributed by atoms with Crippen LogP contribution in [0.25, 0.3) is 0 Å². The molecule has 3 heteroatoms. The van der Waals surface area contributed by atoms with Gasteiger partial charge in [-0.1, -0.05) is 102 Å². The second kappa shape index (κ2) is 19.8. The van der Waals surface area contributed by atoms with Gasteiger partial charge in [-0.05, 0) is 25.6 Å². The molecule has 0 aromatic rings. The smallest absolute Gasteiger partial charge is 0.0359 e. The van der Waals surface area contributed by atoms with E-state index in [0.29, 0.717) is 0 Å². The van der Waals surface area contributed by atoms with Crippen molar-refractivity contribution in [1.82, 2.24) is 4.90 Å². The first-order valence-electron chi connectivity index (χ1n) is 10.4. The molecule has 2 nitrogen and oxygen atoms in total. The van der Waals surface area contributed by atoms with E-state index in [9.17, 15) is 0 Å². The van der Waals surface area contributed by atoms with Crippen LogP contribution >= 0.6 is 12.4 Å². The topological polar surface area (TPSA) is 34.7 Å². The van der Waals surface area contributed by atoms with Gasteiger partial charge in [0.2, 0.25) is 0 Å². The van der Waals surface area contributed by atoms with Gasteiger partial charge in [0.25, 0.3) is 0 Å². The quantitative estimate of drug-likeness (QED) is 0.289. The summed E-state index contributed by atoms with van der Waals surface area (Å²) in [6, 6.07) is 0. The Kier molecular flexibility index (Phi) is 21.2. The minimum Gasteiger partial charge on any atom is -0.412 e. The predicted molar refractivity (Wildman–Crippen MR) is 116 cm³/mol. The molecule has 0 aromatic carbocycles. The summed E-state index contributed by atoms with van der Waals surface area (Å²) in [4.78, 5) is 2.44. The van der Waals surface area contributed by atoms with Crippen molar-refractivity contribution < 1.29 is 5.48 Å². The van der Waals surface area contributed by atoms with E-state index in [2.05, 4.69) is 37.1 Å². The number of rotatable bonds is 15. The van der Waals surface area contributed by atoms with E-state index in [0.717, 1.165) is 6.54 Å². The fraction of sp³-hybridized carbons (Fsp3) is 0.818. The maximum absolute atomic E-state index is 2.44. The first kappa shape index (κ1) is 26.8. The molecule has 2 N–H and O–H groups in total. The fourth-order valence-electron chi connectivity index (χ4n) is 3.29. The number of halogens is 1. The molecule has 1 rings (SSSR count). The van der Waals surface area contributed by atoms with Crippen LogP contribution in [0.2, 0.25) is 0 Å². The van der Waals surface area contributed by atoms with Crippen LogP contribution in [0.15, 0.2) is 23.9 Å². The van der Waals surface area contributed by atoms with Gasteiger partial charge in [0.1, 0.15) is 0 Å². The molecule has 0 spiro atoms. The van der Waals surface area contributed by atoms with E-state index in [-0.39, 0.29) is 17.9 Å². The molecule has 0 atom stereocenters. The summed E-state index contributed by atoms with van der Waals surface area (Å²) in [5.74, 6) is 0. The van der Waals surface area contributed by atoms with Gasteiger partial charge in [-0.3, -0.25) is 0 Å². The molecule has 1 aliphatic rings. The zero-order valence-corrected chi connectivity index (χ0v) is 17.7. The lowest BCUT2D eigenvalue weighted by molar-refractivity contribution is 0.390. The predicted octanol–water partition coefficient (Wildman–Crippen LogP) is 6.84. The van der Waals surface area contributed by atoms with Crippen LogP contribution in [-0.2, 0) is 0 Å². The highest BCUT2D eigenvalue weighted by Crippen LogP contribution is 2.13. The van der Waals surface area contributed by atoms with E-state index < -0.39 is 0 Å². The van der Waals surface area contributed by atoms with Crippen molar-refractivity contribution in [3.63, 3.8) is 0 Å². The van der Waals surface area contributed by atoms with E-state index in [1.807, 2.05) is 0 Å². The van der Waals surface area contributed by atoms with Crippen molar-refractivity contribution in [2.24, 2.45) is 0 Å². The van der Waals surface area contributed by atoms with Crippen molar-refractivity contribution in [3.05, 3.63) is 23.9 Å². The van der Waals surface area contributed by atoms with E-state index >= 15 is 0 Å². The van der Waals surface area contributed by atoms with Crippen LogP contribution in [0.5, 0.6) is 0 Å². The average molecular weight is 374 g/mol. The summed E-state index contributed by atoms with van der Waals surface area (Å²) in [7, 11) is 0. The molecule has 0 fully saturated rings. The Labute approximate surface area is 163 Å². The van der Waals surface area contributed by atoms with Crippen molar-refractivity contribution in [3.8, 4) is 0 Å². The number of hydrogen-bond donors (Lipinski definition) is 0. The highest BCUT2D eigenvalue weighted by Gasteiger charge is 2.01. The summed E-state index contributed by atoms with van der Waals surface area (Å²) in [5.41, 5.74) is 1.40. The summed E-state index contributed by atoms with van der Waals surface area (Å²) in [5, 5.41) is 0. The molecule has 1 aliphatic heterocycles. The van der Waals surface area contributed by atoms with Crippen LogP contribution in [0, 0.1) is 0 Å². The number of hydrogen-bond acceptors (Lipinski definition) is 1. The van der Waals surface area contributed by atoms with Crippen LogP contribution in [0.1, 0.15) is 104 Å². The Balaban J connectivity index is 0. The Bertz CT molecular complexity index is 328. The minimum atomic E-state index is 0. The first-order valence-corrected chi connectivity index (χ1v) is 10.4. The normalized spacial score (nSPS) is 13.2. The maximum Gasteiger partial charge on any atom is 0.0359 e. The highest BCUT2D eigenvalue weighted by atomic mass is 35.5. The zero-order valence-electron chi connectivity index (χ0n) is 16.9. The van der Waals surface area contributed by atoms with Gasteiger partial charge in [-0.2, -0.15) is 0 Å². The Morgan fingerprint density at radius 3 is 1.60 bits per heavy atom.